The van der Waals surface area contributed by atoms with E-state index in [-0.39, 0.29) is 29.9 Å². The molecule has 2 saturated heterocycles. The first-order chi connectivity index (χ1) is 14.6. The number of carbonyl (C=O) groups excluding carboxylic acids is 1. The van der Waals surface area contributed by atoms with Gasteiger partial charge in [-0.05, 0) is 50.8 Å². The van der Waals surface area contributed by atoms with Gasteiger partial charge < -0.3 is 24.6 Å². The maximum Gasteiger partial charge on any atom is 0.225 e. The summed E-state index contributed by atoms with van der Waals surface area (Å²) in [5.74, 6) is 2.28. The number of hydrogen-bond acceptors (Lipinski definition) is 4. The van der Waals surface area contributed by atoms with Crippen LogP contribution < -0.4 is 10.1 Å². The third-order valence-electron chi connectivity index (χ3n) is 5.75. The summed E-state index contributed by atoms with van der Waals surface area (Å²) in [6, 6.07) is 6.25. The Morgan fingerprint density at radius 2 is 1.87 bits per heavy atom. The monoisotopic (exact) mass is 544 g/mol. The Kier molecular flexibility index (Phi) is 10.9. The molecular weight excluding hydrogens is 507 g/mol. The van der Waals surface area contributed by atoms with Crippen molar-refractivity contribution in [1.29, 1.82) is 0 Å². The van der Waals surface area contributed by atoms with Gasteiger partial charge in [0.25, 0.3) is 0 Å². The fourth-order valence-electron chi connectivity index (χ4n) is 4.10. The highest BCUT2D eigenvalue weighted by molar-refractivity contribution is 14.0. The van der Waals surface area contributed by atoms with E-state index in [2.05, 4.69) is 36.2 Å². The largest absolute Gasteiger partial charge is 0.494 e. The van der Waals surface area contributed by atoms with Crippen molar-refractivity contribution in [2.24, 2.45) is 10.9 Å². The second-order valence-electron chi connectivity index (χ2n) is 7.90. The first kappa shape index (κ1) is 25.7. The minimum atomic E-state index is 0. The van der Waals surface area contributed by atoms with Gasteiger partial charge >= 0.3 is 0 Å². The summed E-state index contributed by atoms with van der Waals surface area (Å²) in [4.78, 5) is 21.9. The number of aliphatic imine (C=N–C) groups is 1. The lowest BCUT2D eigenvalue weighted by Gasteiger charge is -2.36. The second-order valence-corrected chi connectivity index (χ2v) is 7.90. The third kappa shape index (κ3) is 7.24. The van der Waals surface area contributed by atoms with Crippen molar-refractivity contribution in [3.05, 3.63) is 29.3 Å². The highest BCUT2D eigenvalue weighted by Gasteiger charge is 2.30. The van der Waals surface area contributed by atoms with Crippen molar-refractivity contribution >= 4 is 35.8 Å². The summed E-state index contributed by atoms with van der Waals surface area (Å²) < 4.78 is 11.0. The highest BCUT2D eigenvalue weighted by Crippen LogP contribution is 2.22. The molecule has 0 radical (unpaired) electrons. The number of piperidine rings is 1. The van der Waals surface area contributed by atoms with Crippen LogP contribution in [0.1, 0.15) is 37.8 Å². The van der Waals surface area contributed by atoms with E-state index in [0.717, 1.165) is 62.8 Å². The molecule has 174 valence electrons. The zero-order valence-corrected chi connectivity index (χ0v) is 21.4. The fourth-order valence-corrected chi connectivity index (χ4v) is 4.10. The van der Waals surface area contributed by atoms with Crippen molar-refractivity contribution in [2.75, 3.05) is 52.5 Å². The summed E-state index contributed by atoms with van der Waals surface area (Å²) in [5.41, 5.74) is 2.31. The zero-order valence-electron chi connectivity index (χ0n) is 19.1. The van der Waals surface area contributed by atoms with E-state index < -0.39 is 0 Å². The number of hydrogen-bond donors (Lipinski definition) is 1. The van der Waals surface area contributed by atoms with Crippen molar-refractivity contribution < 1.29 is 14.3 Å². The molecule has 7 nitrogen and oxygen atoms in total. The molecule has 1 amide bonds. The zero-order chi connectivity index (χ0) is 21.3. The number of morpholine rings is 1. The van der Waals surface area contributed by atoms with Crippen LogP contribution in [0.25, 0.3) is 0 Å². The number of benzene rings is 1. The van der Waals surface area contributed by atoms with Gasteiger partial charge in [-0.1, -0.05) is 12.1 Å². The van der Waals surface area contributed by atoms with Crippen molar-refractivity contribution in [3.8, 4) is 5.75 Å². The van der Waals surface area contributed by atoms with Gasteiger partial charge in [0.15, 0.2) is 5.96 Å². The Balaban J connectivity index is 0.00000341. The van der Waals surface area contributed by atoms with Crippen LogP contribution in [0.3, 0.4) is 0 Å². The van der Waals surface area contributed by atoms with Crippen LogP contribution in [-0.2, 0) is 16.1 Å². The smallest absolute Gasteiger partial charge is 0.225 e. The molecule has 2 heterocycles. The molecule has 0 spiro atoms. The Labute approximate surface area is 203 Å². The molecule has 0 bridgehead atoms. The van der Waals surface area contributed by atoms with Crippen molar-refractivity contribution in [2.45, 2.75) is 40.2 Å². The first-order valence-corrected chi connectivity index (χ1v) is 11.2. The molecule has 31 heavy (non-hydrogen) atoms. The van der Waals surface area contributed by atoms with Crippen LogP contribution in [0.2, 0.25) is 0 Å². The van der Waals surface area contributed by atoms with Crippen LogP contribution in [0.4, 0.5) is 0 Å². The molecule has 1 aromatic rings. The van der Waals surface area contributed by atoms with Gasteiger partial charge in [0.1, 0.15) is 5.75 Å². The molecule has 1 aromatic carbocycles. The number of aryl methyl sites for hydroxylation is 1. The molecule has 2 aliphatic heterocycles. The maximum absolute atomic E-state index is 12.8. The molecule has 3 rings (SSSR count). The standard InChI is InChI=1S/C23H36N4O3.HI/c1-4-24-23(25-17-19-6-7-21(30-5-2)18(3)16-19)27-10-8-20(9-11-27)22(28)26-12-14-29-15-13-26;/h6-7,16,20H,4-5,8-15,17H2,1-3H3,(H,24,25);1H. The van der Waals surface area contributed by atoms with Gasteiger partial charge in [0, 0.05) is 38.6 Å². The Hall–Kier alpha value is -1.55. The van der Waals surface area contributed by atoms with Crippen LogP contribution in [-0.4, -0.2) is 74.2 Å². The van der Waals surface area contributed by atoms with Crippen molar-refractivity contribution in [3.63, 3.8) is 0 Å². The lowest BCUT2D eigenvalue weighted by molar-refractivity contribution is -0.140. The van der Waals surface area contributed by atoms with Crippen LogP contribution >= 0.6 is 24.0 Å². The number of likely N-dealkylation sites (tertiary alicyclic amines) is 1. The summed E-state index contributed by atoms with van der Waals surface area (Å²) in [6.07, 6.45) is 1.76. The van der Waals surface area contributed by atoms with Crippen LogP contribution in [0.15, 0.2) is 23.2 Å². The van der Waals surface area contributed by atoms with E-state index >= 15 is 0 Å². The molecule has 1 N–H and O–H groups in total. The SMILES string of the molecule is CCNC(=NCc1ccc(OCC)c(C)c1)N1CCC(C(=O)N2CCOCC2)CC1.I. The van der Waals surface area contributed by atoms with E-state index in [0.29, 0.717) is 32.3 Å². The Morgan fingerprint density at radius 1 is 1.16 bits per heavy atom. The van der Waals surface area contributed by atoms with Crippen LogP contribution in [0.5, 0.6) is 5.75 Å². The molecule has 0 unspecified atom stereocenters. The van der Waals surface area contributed by atoms with Gasteiger partial charge in [0.2, 0.25) is 5.91 Å². The first-order valence-electron chi connectivity index (χ1n) is 11.2. The van der Waals surface area contributed by atoms with Gasteiger partial charge in [-0.3, -0.25) is 4.79 Å². The highest BCUT2D eigenvalue weighted by atomic mass is 127. The molecule has 0 aromatic heterocycles. The molecule has 0 aliphatic carbocycles. The summed E-state index contributed by atoms with van der Waals surface area (Å²) in [6.45, 7) is 12.8. The number of nitrogens with one attached hydrogen (secondary N) is 1. The number of guanidine groups is 1. The lowest BCUT2D eigenvalue weighted by Crippen LogP contribution is -2.50. The number of rotatable bonds is 6. The normalized spacial score (nSPS) is 17.8. The van der Waals surface area contributed by atoms with Crippen molar-refractivity contribution in [1.82, 2.24) is 15.1 Å². The molecular formula is C23H37IN4O3. The molecule has 2 fully saturated rings. The minimum absolute atomic E-state index is 0. The summed E-state index contributed by atoms with van der Waals surface area (Å²) in [7, 11) is 0. The fraction of sp³-hybridized carbons (Fsp3) is 0.652. The van der Waals surface area contributed by atoms with Gasteiger partial charge in [-0.15, -0.1) is 24.0 Å². The molecule has 0 atom stereocenters. The summed E-state index contributed by atoms with van der Waals surface area (Å²) in [5, 5.41) is 3.42. The molecule has 2 aliphatic rings. The number of amides is 1. The maximum atomic E-state index is 12.8. The Morgan fingerprint density at radius 3 is 2.48 bits per heavy atom. The number of carbonyl (C=O) groups is 1. The van der Waals surface area contributed by atoms with Gasteiger partial charge in [0.05, 0.1) is 26.4 Å². The number of nitrogens with zero attached hydrogens (tertiary/aromatic N) is 3. The number of ether oxygens (including phenoxy) is 2. The quantitative estimate of drug-likeness (QED) is 0.339. The Bertz CT molecular complexity index is 730. The van der Waals surface area contributed by atoms with E-state index in [1.54, 1.807) is 0 Å². The molecule has 0 saturated carbocycles. The molecule has 8 heteroatoms. The predicted octanol–water partition coefficient (Wildman–Crippen LogP) is 3.05. The number of halogens is 1. The average Bonchev–Trinajstić information content (AvgIpc) is 2.78. The minimum Gasteiger partial charge on any atom is -0.494 e. The average molecular weight is 544 g/mol. The predicted molar refractivity (Wildman–Crippen MR) is 134 cm³/mol. The van der Waals surface area contributed by atoms with E-state index in [9.17, 15) is 4.79 Å². The summed E-state index contributed by atoms with van der Waals surface area (Å²) >= 11 is 0. The second kappa shape index (κ2) is 13.1. The van der Waals surface area contributed by atoms with E-state index in [1.807, 2.05) is 17.9 Å². The third-order valence-corrected chi connectivity index (χ3v) is 5.75. The topological polar surface area (TPSA) is 66.4 Å². The van der Waals surface area contributed by atoms with E-state index in [4.69, 9.17) is 14.5 Å². The van der Waals surface area contributed by atoms with E-state index in [1.165, 1.54) is 5.56 Å². The van der Waals surface area contributed by atoms with Gasteiger partial charge in [-0.25, -0.2) is 4.99 Å². The lowest BCUT2D eigenvalue weighted by atomic mass is 9.95. The van der Waals surface area contributed by atoms with Gasteiger partial charge in [-0.2, -0.15) is 0 Å². The van der Waals surface area contributed by atoms with Crippen LogP contribution in [0, 0.1) is 12.8 Å².